The van der Waals surface area contributed by atoms with E-state index in [9.17, 15) is 9.59 Å². The molecule has 6 heteroatoms. The van der Waals surface area contributed by atoms with E-state index in [0.29, 0.717) is 16.9 Å². The molecular weight excluding hydrogens is 282 g/mol. The van der Waals surface area contributed by atoms with Crippen LogP contribution in [-0.2, 0) is 4.74 Å². The van der Waals surface area contributed by atoms with E-state index >= 15 is 0 Å². The number of ether oxygens (including phenoxy) is 1. The minimum absolute atomic E-state index is 0.220. The number of pyridine rings is 1. The second-order valence-electron chi connectivity index (χ2n) is 4.76. The van der Waals surface area contributed by atoms with Crippen LogP contribution in [0.2, 0.25) is 0 Å². The molecule has 0 aliphatic carbocycles. The van der Waals surface area contributed by atoms with Crippen LogP contribution in [0.1, 0.15) is 17.3 Å². The first kappa shape index (κ1) is 14.1. The third kappa shape index (κ3) is 2.09. The Labute approximate surface area is 127 Å². The van der Waals surface area contributed by atoms with Gasteiger partial charge in [-0.15, -0.1) is 0 Å². The van der Waals surface area contributed by atoms with Crippen LogP contribution in [0.15, 0.2) is 42.6 Å². The number of hydrogen-bond donors (Lipinski definition) is 0. The summed E-state index contributed by atoms with van der Waals surface area (Å²) in [5.41, 5.74) is 1.54. The van der Waals surface area contributed by atoms with Gasteiger partial charge in [0.1, 0.15) is 0 Å². The summed E-state index contributed by atoms with van der Waals surface area (Å²) in [6.07, 6.45) is 0.990. The van der Waals surface area contributed by atoms with Crippen LogP contribution in [0.5, 0.6) is 0 Å². The average Bonchev–Trinajstić information content (AvgIpc) is 2.63. The number of nitrogens with zero attached hydrogens (tertiary/aromatic N) is 3. The van der Waals surface area contributed by atoms with Gasteiger partial charge < -0.3 is 9.64 Å². The maximum Gasteiger partial charge on any atom is 0.420 e. The summed E-state index contributed by atoms with van der Waals surface area (Å²) in [5.74, 6) is 0.0603. The molecule has 2 heterocycles. The van der Waals surface area contributed by atoms with Gasteiger partial charge in [-0.1, -0.05) is 12.1 Å². The highest BCUT2D eigenvalue weighted by molar-refractivity contribution is 6.16. The molecule has 0 unspecified atom stereocenters. The van der Waals surface area contributed by atoms with Crippen molar-refractivity contribution < 1.29 is 14.3 Å². The lowest BCUT2D eigenvalue weighted by atomic mass is 10.2. The molecular formula is C16H15N3O3. The molecule has 1 aromatic carbocycles. The van der Waals surface area contributed by atoms with Crippen LogP contribution in [0, 0.1) is 0 Å². The fraction of sp³-hybridized carbons (Fsp3) is 0.188. The second-order valence-corrected chi connectivity index (χ2v) is 4.76. The number of aromatic nitrogens is 1. The van der Waals surface area contributed by atoms with Crippen LogP contribution in [-0.4, -0.2) is 30.6 Å². The minimum atomic E-state index is -0.557. The van der Waals surface area contributed by atoms with E-state index in [1.807, 2.05) is 6.07 Å². The number of hydrogen-bond acceptors (Lipinski definition) is 4. The molecule has 0 radical (unpaired) electrons. The first-order valence-electron chi connectivity index (χ1n) is 6.94. The molecule has 0 N–H and O–H groups in total. The van der Waals surface area contributed by atoms with E-state index in [-0.39, 0.29) is 18.3 Å². The van der Waals surface area contributed by atoms with E-state index in [1.54, 1.807) is 50.5 Å². The lowest BCUT2D eigenvalue weighted by molar-refractivity contribution is 0.0994. The average molecular weight is 297 g/mol. The Morgan fingerprint density at radius 3 is 2.64 bits per heavy atom. The highest BCUT2D eigenvalue weighted by Gasteiger charge is 2.33. The third-order valence-corrected chi connectivity index (χ3v) is 3.47. The normalized spacial score (nSPS) is 13.3. The van der Waals surface area contributed by atoms with Crippen molar-refractivity contribution in [3.8, 4) is 0 Å². The molecule has 1 aliphatic rings. The van der Waals surface area contributed by atoms with Gasteiger partial charge in [0.2, 0.25) is 0 Å². The summed E-state index contributed by atoms with van der Waals surface area (Å²) in [6.45, 7) is 1.97. The zero-order valence-corrected chi connectivity index (χ0v) is 12.3. The maximum atomic E-state index is 12.6. The largest absolute Gasteiger partial charge is 0.449 e. The number of amides is 2. The number of fused-ring (bicyclic) bond motifs is 2. The topological polar surface area (TPSA) is 62.7 Å². The maximum absolute atomic E-state index is 12.6. The van der Waals surface area contributed by atoms with Crippen LogP contribution < -0.4 is 9.80 Å². The van der Waals surface area contributed by atoms with Gasteiger partial charge in [-0.25, -0.2) is 14.7 Å². The summed E-state index contributed by atoms with van der Waals surface area (Å²) in [4.78, 5) is 32.1. The Hall–Kier alpha value is -2.89. The van der Waals surface area contributed by atoms with Gasteiger partial charge in [0.05, 0.1) is 23.5 Å². The SMILES string of the molecule is CCOC(=O)N1c2ccccc2N(C)C(=O)c2cccnc21. The molecule has 0 bridgehead atoms. The summed E-state index contributed by atoms with van der Waals surface area (Å²) >= 11 is 0. The Morgan fingerprint density at radius 2 is 1.91 bits per heavy atom. The van der Waals surface area contributed by atoms with Crippen LogP contribution >= 0.6 is 0 Å². The summed E-state index contributed by atoms with van der Waals surface area (Å²) in [6, 6.07) is 10.5. The Bertz CT molecular complexity index is 745. The quantitative estimate of drug-likeness (QED) is 0.812. The lowest BCUT2D eigenvalue weighted by Gasteiger charge is -2.22. The number of carbonyl (C=O) groups excluding carboxylic acids is 2. The van der Waals surface area contributed by atoms with Crippen molar-refractivity contribution >= 4 is 29.2 Å². The molecule has 2 aromatic rings. The van der Waals surface area contributed by atoms with Crippen molar-refractivity contribution in [1.29, 1.82) is 0 Å². The van der Waals surface area contributed by atoms with Gasteiger partial charge >= 0.3 is 6.09 Å². The van der Waals surface area contributed by atoms with Gasteiger partial charge in [0, 0.05) is 13.2 Å². The van der Waals surface area contributed by atoms with E-state index in [2.05, 4.69) is 4.98 Å². The smallest absolute Gasteiger partial charge is 0.420 e. The predicted octanol–water partition coefficient (Wildman–Crippen LogP) is 2.97. The van der Waals surface area contributed by atoms with Crippen molar-refractivity contribution in [3.05, 3.63) is 48.2 Å². The molecule has 1 aromatic heterocycles. The summed E-state index contributed by atoms with van der Waals surface area (Å²) in [7, 11) is 1.67. The third-order valence-electron chi connectivity index (χ3n) is 3.47. The molecule has 6 nitrogen and oxygen atoms in total. The monoisotopic (exact) mass is 297 g/mol. The van der Waals surface area contributed by atoms with Gasteiger partial charge in [-0.3, -0.25) is 4.79 Å². The Kier molecular flexibility index (Phi) is 3.50. The van der Waals surface area contributed by atoms with Crippen molar-refractivity contribution in [2.75, 3.05) is 23.5 Å². The van der Waals surface area contributed by atoms with E-state index in [4.69, 9.17) is 4.74 Å². The van der Waals surface area contributed by atoms with Gasteiger partial charge in [0.15, 0.2) is 5.82 Å². The van der Waals surface area contributed by atoms with E-state index < -0.39 is 6.09 Å². The predicted molar refractivity (Wildman–Crippen MR) is 82.6 cm³/mol. The lowest BCUT2D eigenvalue weighted by Crippen LogP contribution is -2.28. The highest BCUT2D eigenvalue weighted by Crippen LogP contribution is 2.39. The molecule has 0 spiro atoms. The molecule has 1 aliphatic heterocycles. The summed E-state index contributed by atoms with van der Waals surface area (Å²) in [5, 5.41) is 0. The molecule has 3 rings (SSSR count). The molecule has 0 atom stereocenters. The van der Waals surface area contributed by atoms with Crippen LogP contribution in [0.25, 0.3) is 0 Å². The first-order chi connectivity index (χ1) is 10.6. The molecule has 0 saturated carbocycles. The van der Waals surface area contributed by atoms with Crippen molar-refractivity contribution in [2.24, 2.45) is 0 Å². The van der Waals surface area contributed by atoms with Crippen molar-refractivity contribution in [3.63, 3.8) is 0 Å². The van der Waals surface area contributed by atoms with Crippen LogP contribution in [0.3, 0.4) is 0 Å². The number of anilines is 3. The van der Waals surface area contributed by atoms with Crippen molar-refractivity contribution in [2.45, 2.75) is 6.92 Å². The number of benzene rings is 1. The first-order valence-corrected chi connectivity index (χ1v) is 6.94. The van der Waals surface area contributed by atoms with Gasteiger partial charge in [-0.05, 0) is 31.2 Å². The second kappa shape index (κ2) is 5.48. The van der Waals surface area contributed by atoms with E-state index in [0.717, 1.165) is 0 Å². The Balaban J connectivity index is 2.28. The molecule has 0 fully saturated rings. The zero-order valence-electron chi connectivity index (χ0n) is 12.3. The Morgan fingerprint density at radius 1 is 1.18 bits per heavy atom. The van der Waals surface area contributed by atoms with Crippen molar-refractivity contribution in [1.82, 2.24) is 4.98 Å². The standard InChI is InChI=1S/C16H15N3O3/c1-3-22-16(21)19-13-9-5-4-8-12(13)18(2)15(20)11-7-6-10-17-14(11)19/h4-10H,3H2,1-2H3. The fourth-order valence-electron chi connectivity index (χ4n) is 2.46. The van der Waals surface area contributed by atoms with Crippen LogP contribution in [0.4, 0.5) is 22.0 Å². The molecule has 2 amide bonds. The zero-order chi connectivity index (χ0) is 15.7. The number of rotatable bonds is 1. The summed E-state index contributed by atoms with van der Waals surface area (Å²) < 4.78 is 5.14. The van der Waals surface area contributed by atoms with Gasteiger partial charge in [0.25, 0.3) is 5.91 Å². The highest BCUT2D eigenvalue weighted by atomic mass is 16.6. The number of para-hydroxylation sites is 2. The molecule has 22 heavy (non-hydrogen) atoms. The number of carbonyl (C=O) groups is 2. The molecule has 112 valence electrons. The molecule has 0 saturated heterocycles. The minimum Gasteiger partial charge on any atom is -0.449 e. The van der Waals surface area contributed by atoms with E-state index in [1.165, 1.54) is 9.80 Å². The van der Waals surface area contributed by atoms with Gasteiger partial charge in [-0.2, -0.15) is 0 Å². The fourth-order valence-corrected chi connectivity index (χ4v) is 2.46.